The smallest absolute Gasteiger partial charge is 0.0205 e. The molecular weight excluding hydrogens is 412 g/mol. The Hall–Kier alpha value is 0.640. The second kappa shape index (κ2) is 8.75. The zero-order chi connectivity index (χ0) is 10.9. The van der Waals surface area contributed by atoms with Crippen molar-refractivity contribution in [2.75, 3.05) is 11.0 Å². The van der Waals surface area contributed by atoms with Gasteiger partial charge >= 0.3 is 0 Å². The molecule has 0 fully saturated rings. The molecule has 0 bridgehead atoms. The molecule has 0 saturated carbocycles. The minimum absolute atomic E-state index is 1.00. The van der Waals surface area contributed by atoms with Gasteiger partial charge in [-0.1, -0.05) is 41.1 Å². The Morgan fingerprint density at radius 3 is 2.40 bits per heavy atom. The molecule has 1 rings (SSSR count). The van der Waals surface area contributed by atoms with Crippen LogP contribution in [0.2, 0.25) is 0 Å². The summed E-state index contributed by atoms with van der Waals surface area (Å²) < 4.78 is 2.59. The average Bonchev–Trinajstić information content (AvgIpc) is 2.26. The van der Waals surface area contributed by atoms with Gasteiger partial charge in [0.1, 0.15) is 0 Å². The van der Waals surface area contributed by atoms with Gasteiger partial charge in [0.2, 0.25) is 0 Å². The zero-order valence-electron chi connectivity index (χ0n) is 8.81. The van der Waals surface area contributed by atoms with E-state index in [0.29, 0.717) is 0 Å². The van der Waals surface area contributed by atoms with E-state index in [-0.39, 0.29) is 0 Å². The first-order valence-electron chi connectivity index (χ1n) is 5.34. The van der Waals surface area contributed by atoms with Crippen LogP contribution in [0.5, 0.6) is 0 Å². The molecule has 0 atom stereocenters. The summed E-state index contributed by atoms with van der Waals surface area (Å²) in [6.45, 7) is 2.14. The van der Waals surface area contributed by atoms with E-state index in [1.807, 2.05) is 0 Å². The summed E-state index contributed by atoms with van der Waals surface area (Å²) in [7, 11) is 0. The first-order valence-corrected chi connectivity index (χ1v) is 7.94. The van der Waals surface area contributed by atoms with Gasteiger partial charge in [0, 0.05) is 10.1 Å². The van der Waals surface area contributed by atoms with E-state index < -0.39 is 0 Å². The third kappa shape index (κ3) is 6.73. The number of unbranched alkanes of at least 4 members (excludes halogenated alkanes) is 2. The molecule has 0 aliphatic carbocycles. The lowest BCUT2D eigenvalue weighted by Gasteiger charge is -2.04. The Morgan fingerprint density at radius 1 is 1.00 bits per heavy atom. The van der Waals surface area contributed by atoms with Crippen molar-refractivity contribution in [2.24, 2.45) is 0 Å². The molecule has 1 nitrogen and oxygen atoms in total. The normalized spacial score (nSPS) is 10.5. The SMILES string of the molecule is ICCCCCNCc1ccc(I)cc1. The van der Waals surface area contributed by atoms with E-state index >= 15 is 0 Å². The van der Waals surface area contributed by atoms with E-state index in [4.69, 9.17) is 0 Å². The third-order valence-corrected chi connectivity index (χ3v) is 3.71. The van der Waals surface area contributed by atoms with Crippen LogP contribution in [0.4, 0.5) is 0 Å². The molecule has 0 radical (unpaired) electrons. The number of halogens is 2. The number of nitrogens with one attached hydrogen (secondary N) is 1. The molecule has 0 saturated heterocycles. The van der Waals surface area contributed by atoms with Gasteiger partial charge in [0.05, 0.1) is 0 Å². The van der Waals surface area contributed by atoms with Crippen molar-refractivity contribution in [2.45, 2.75) is 25.8 Å². The van der Waals surface area contributed by atoms with Gasteiger partial charge in [-0.25, -0.2) is 0 Å². The summed E-state index contributed by atoms with van der Waals surface area (Å²) in [5.74, 6) is 0. The van der Waals surface area contributed by atoms with Crippen LogP contribution in [0.15, 0.2) is 24.3 Å². The van der Waals surface area contributed by atoms with Gasteiger partial charge in [0.25, 0.3) is 0 Å². The fraction of sp³-hybridized carbons (Fsp3) is 0.500. The monoisotopic (exact) mass is 429 g/mol. The van der Waals surface area contributed by atoms with E-state index in [1.165, 1.54) is 32.8 Å². The molecule has 1 aromatic rings. The molecule has 3 heteroatoms. The Balaban J connectivity index is 2.07. The summed E-state index contributed by atoms with van der Waals surface area (Å²) >= 11 is 4.78. The highest BCUT2D eigenvalue weighted by atomic mass is 127. The van der Waals surface area contributed by atoms with Crippen molar-refractivity contribution < 1.29 is 0 Å². The topological polar surface area (TPSA) is 12.0 Å². The minimum Gasteiger partial charge on any atom is -0.313 e. The van der Waals surface area contributed by atoms with Crippen LogP contribution in [0.25, 0.3) is 0 Å². The van der Waals surface area contributed by atoms with Crippen molar-refractivity contribution in [3.05, 3.63) is 33.4 Å². The number of benzene rings is 1. The van der Waals surface area contributed by atoms with Crippen molar-refractivity contribution in [3.63, 3.8) is 0 Å². The maximum Gasteiger partial charge on any atom is 0.0205 e. The average molecular weight is 429 g/mol. The van der Waals surface area contributed by atoms with Crippen LogP contribution in [-0.2, 0) is 6.54 Å². The maximum atomic E-state index is 3.48. The van der Waals surface area contributed by atoms with Gasteiger partial charge in [-0.3, -0.25) is 0 Å². The summed E-state index contributed by atoms with van der Waals surface area (Å²) in [6.07, 6.45) is 4.00. The molecule has 0 amide bonds. The van der Waals surface area contributed by atoms with Gasteiger partial charge < -0.3 is 5.32 Å². The molecule has 1 aromatic carbocycles. The Kier molecular flexibility index (Phi) is 8.00. The molecule has 0 aliphatic heterocycles. The second-order valence-electron chi connectivity index (χ2n) is 3.55. The van der Waals surface area contributed by atoms with Crippen LogP contribution in [0.1, 0.15) is 24.8 Å². The Labute approximate surface area is 120 Å². The van der Waals surface area contributed by atoms with E-state index in [9.17, 15) is 0 Å². The summed E-state index contributed by atoms with van der Waals surface area (Å²) in [6, 6.07) is 8.71. The highest BCUT2D eigenvalue weighted by Gasteiger charge is 1.92. The third-order valence-electron chi connectivity index (χ3n) is 2.23. The Bertz CT molecular complexity index is 259. The van der Waals surface area contributed by atoms with Crippen molar-refractivity contribution >= 4 is 45.2 Å². The fourth-order valence-corrected chi connectivity index (χ4v) is 2.26. The van der Waals surface area contributed by atoms with Crippen molar-refractivity contribution in [1.82, 2.24) is 5.32 Å². The molecule has 84 valence electrons. The number of alkyl halides is 1. The van der Waals surface area contributed by atoms with Gasteiger partial charge in [-0.05, 0) is 64.1 Å². The predicted molar refractivity (Wildman–Crippen MR) is 83.6 cm³/mol. The largest absolute Gasteiger partial charge is 0.313 e. The van der Waals surface area contributed by atoms with Crippen LogP contribution in [-0.4, -0.2) is 11.0 Å². The number of rotatable bonds is 7. The quantitative estimate of drug-likeness (QED) is 0.393. The van der Waals surface area contributed by atoms with Crippen LogP contribution >= 0.6 is 45.2 Å². The maximum absolute atomic E-state index is 3.48. The minimum atomic E-state index is 1.00. The van der Waals surface area contributed by atoms with Gasteiger partial charge in [0.15, 0.2) is 0 Å². The lowest BCUT2D eigenvalue weighted by atomic mass is 10.2. The van der Waals surface area contributed by atoms with E-state index in [1.54, 1.807) is 0 Å². The van der Waals surface area contributed by atoms with E-state index in [0.717, 1.165) is 13.1 Å². The van der Waals surface area contributed by atoms with Crippen LogP contribution in [0, 0.1) is 3.57 Å². The molecule has 0 heterocycles. The van der Waals surface area contributed by atoms with Crippen LogP contribution < -0.4 is 5.32 Å². The summed E-state index contributed by atoms with van der Waals surface area (Å²) in [5.41, 5.74) is 1.38. The molecule has 0 spiro atoms. The highest BCUT2D eigenvalue weighted by Crippen LogP contribution is 2.06. The first kappa shape index (κ1) is 13.7. The van der Waals surface area contributed by atoms with Crippen LogP contribution in [0.3, 0.4) is 0 Å². The molecule has 0 aromatic heterocycles. The second-order valence-corrected chi connectivity index (χ2v) is 5.88. The number of hydrogen-bond acceptors (Lipinski definition) is 1. The lowest BCUT2D eigenvalue weighted by Crippen LogP contribution is -2.14. The van der Waals surface area contributed by atoms with Crippen molar-refractivity contribution in [3.8, 4) is 0 Å². The lowest BCUT2D eigenvalue weighted by molar-refractivity contribution is 0.620. The molecule has 0 unspecified atom stereocenters. The number of hydrogen-bond donors (Lipinski definition) is 1. The first-order chi connectivity index (χ1) is 7.33. The van der Waals surface area contributed by atoms with Gasteiger partial charge in [-0.2, -0.15) is 0 Å². The van der Waals surface area contributed by atoms with Gasteiger partial charge in [-0.15, -0.1) is 0 Å². The predicted octanol–water partition coefficient (Wildman–Crippen LogP) is 3.99. The van der Waals surface area contributed by atoms with Crippen molar-refractivity contribution in [1.29, 1.82) is 0 Å². The summed E-state index contributed by atoms with van der Waals surface area (Å²) in [5, 5.41) is 3.48. The zero-order valence-corrected chi connectivity index (χ0v) is 13.1. The molecular formula is C12H17I2N. The highest BCUT2D eigenvalue weighted by molar-refractivity contribution is 14.1. The van der Waals surface area contributed by atoms with E-state index in [2.05, 4.69) is 74.8 Å². The molecule has 15 heavy (non-hydrogen) atoms. The Morgan fingerprint density at radius 2 is 1.73 bits per heavy atom. The molecule has 0 aliphatic rings. The fourth-order valence-electron chi connectivity index (χ4n) is 1.36. The summed E-state index contributed by atoms with van der Waals surface area (Å²) in [4.78, 5) is 0. The standard InChI is InChI=1S/C12H17I2N/c13-8-2-1-3-9-15-10-11-4-6-12(14)7-5-11/h4-7,15H,1-3,8-10H2. The molecule has 1 N–H and O–H groups in total.